The molecule has 0 radical (unpaired) electrons. The van der Waals surface area contributed by atoms with Crippen LogP contribution in [-0.2, 0) is 5.54 Å². The van der Waals surface area contributed by atoms with E-state index in [-0.39, 0.29) is 17.5 Å². The highest BCUT2D eigenvalue weighted by atomic mass is 19.1. The van der Waals surface area contributed by atoms with Gasteiger partial charge in [0.2, 0.25) is 5.95 Å². The average molecular weight is 330 g/mol. The van der Waals surface area contributed by atoms with Gasteiger partial charge in [0.25, 0.3) is 5.91 Å². The number of hydroxylamine groups is 1. The fourth-order valence-corrected chi connectivity index (χ4v) is 3.24. The summed E-state index contributed by atoms with van der Waals surface area (Å²) in [6.07, 6.45) is 6.27. The zero-order valence-corrected chi connectivity index (χ0v) is 13.1. The maximum absolute atomic E-state index is 13.7. The molecule has 0 unspecified atom stereocenters. The second-order valence-corrected chi connectivity index (χ2v) is 5.98. The van der Waals surface area contributed by atoms with Gasteiger partial charge >= 0.3 is 0 Å². The van der Waals surface area contributed by atoms with Crippen molar-refractivity contribution in [3.8, 4) is 0 Å². The van der Waals surface area contributed by atoms with E-state index in [1.807, 2.05) is 6.07 Å². The minimum Gasteiger partial charge on any atom is -0.345 e. The minimum atomic E-state index is -0.705. The number of benzene rings is 1. The number of rotatable bonds is 4. The highest BCUT2D eigenvalue weighted by molar-refractivity contribution is 5.91. The molecule has 126 valence electrons. The number of aromatic nitrogens is 2. The van der Waals surface area contributed by atoms with E-state index in [4.69, 9.17) is 5.21 Å². The Morgan fingerprint density at radius 1 is 1.21 bits per heavy atom. The molecule has 0 spiro atoms. The molecule has 1 aromatic heterocycles. The summed E-state index contributed by atoms with van der Waals surface area (Å²) in [6.45, 7) is 0. The SMILES string of the molecule is O=C(NO)c1ccnc(NC2(c3cccc(F)c3)CCCCC2)n1. The van der Waals surface area contributed by atoms with Crippen molar-refractivity contribution in [3.63, 3.8) is 0 Å². The van der Waals surface area contributed by atoms with Crippen LogP contribution in [0.5, 0.6) is 0 Å². The van der Waals surface area contributed by atoms with E-state index in [1.54, 1.807) is 11.5 Å². The topological polar surface area (TPSA) is 87.1 Å². The summed E-state index contributed by atoms with van der Waals surface area (Å²) < 4.78 is 13.7. The predicted octanol–water partition coefficient (Wildman–Crippen LogP) is 3.01. The molecule has 1 fully saturated rings. The Bertz CT molecular complexity index is 732. The third kappa shape index (κ3) is 3.35. The van der Waals surface area contributed by atoms with E-state index in [9.17, 15) is 9.18 Å². The Morgan fingerprint density at radius 3 is 2.71 bits per heavy atom. The Balaban J connectivity index is 1.94. The molecule has 1 aliphatic carbocycles. The Hall–Kier alpha value is -2.54. The summed E-state index contributed by atoms with van der Waals surface area (Å²) in [6, 6.07) is 7.95. The normalized spacial score (nSPS) is 16.4. The highest BCUT2D eigenvalue weighted by Crippen LogP contribution is 2.39. The quantitative estimate of drug-likeness (QED) is 0.592. The van der Waals surface area contributed by atoms with E-state index >= 15 is 0 Å². The zero-order chi connectivity index (χ0) is 17.0. The lowest BCUT2D eigenvalue weighted by molar-refractivity contribution is 0.0700. The standard InChI is InChI=1S/C17H19FN4O2/c18-13-6-4-5-12(11-13)17(8-2-1-3-9-17)21-16-19-10-7-14(20-16)15(23)22-24/h4-7,10-11,24H,1-3,8-9H2,(H,22,23)(H,19,20,21). The molecule has 6 nitrogen and oxygen atoms in total. The summed E-state index contributed by atoms with van der Waals surface area (Å²) in [5, 5.41) is 12.0. The molecule has 7 heteroatoms. The number of hydrogen-bond acceptors (Lipinski definition) is 5. The number of anilines is 1. The zero-order valence-electron chi connectivity index (χ0n) is 13.1. The van der Waals surface area contributed by atoms with Crippen molar-refractivity contribution in [2.75, 3.05) is 5.32 Å². The largest absolute Gasteiger partial charge is 0.345 e. The van der Waals surface area contributed by atoms with E-state index in [0.717, 1.165) is 37.7 Å². The van der Waals surface area contributed by atoms with Crippen molar-refractivity contribution in [2.45, 2.75) is 37.6 Å². The first-order valence-corrected chi connectivity index (χ1v) is 7.95. The van der Waals surface area contributed by atoms with Crippen LogP contribution in [0.2, 0.25) is 0 Å². The molecular formula is C17H19FN4O2. The van der Waals surface area contributed by atoms with Gasteiger partial charge in [0.1, 0.15) is 11.5 Å². The van der Waals surface area contributed by atoms with Crippen LogP contribution in [0.25, 0.3) is 0 Å². The smallest absolute Gasteiger partial charge is 0.293 e. The molecule has 2 aromatic rings. The second kappa shape index (κ2) is 6.92. The number of nitrogens with zero attached hydrogens (tertiary/aromatic N) is 2. The van der Waals surface area contributed by atoms with Gasteiger partial charge in [0.05, 0.1) is 5.54 Å². The van der Waals surface area contributed by atoms with Crippen molar-refractivity contribution < 1.29 is 14.4 Å². The molecule has 3 rings (SSSR count). The molecular weight excluding hydrogens is 311 g/mol. The van der Waals surface area contributed by atoms with Crippen LogP contribution in [0.3, 0.4) is 0 Å². The van der Waals surface area contributed by atoms with Crippen LogP contribution in [0.1, 0.15) is 48.2 Å². The van der Waals surface area contributed by atoms with E-state index in [1.165, 1.54) is 24.4 Å². The average Bonchev–Trinajstić information content (AvgIpc) is 2.62. The van der Waals surface area contributed by atoms with Crippen molar-refractivity contribution in [3.05, 3.63) is 53.6 Å². The molecule has 1 amide bonds. The molecule has 1 saturated carbocycles. The first-order valence-electron chi connectivity index (χ1n) is 7.95. The summed E-state index contributed by atoms with van der Waals surface area (Å²) >= 11 is 0. The van der Waals surface area contributed by atoms with E-state index in [2.05, 4.69) is 15.3 Å². The molecule has 0 aliphatic heterocycles. The minimum absolute atomic E-state index is 0.0557. The molecule has 1 aromatic carbocycles. The van der Waals surface area contributed by atoms with Crippen molar-refractivity contribution >= 4 is 11.9 Å². The van der Waals surface area contributed by atoms with Gasteiger partial charge in [-0.05, 0) is 36.6 Å². The van der Waals surface area contributed by atoms with E-state index in [0.29, 0.717) is 0 Å². The molecule has 3 N–H and O–H groups in total. The van der Waals surface area contributed by atoms with Gasteiger partial charge in [0.15, 0.2) is 0 Å². The number of hydrogen-bond donors (Lipinski definition) is 3. The van der Waals surface area contributed by atoms with Crippen LogP contribution in [0.15, 0.2) is 36.5 Å². The first-order chi connectivity index (χ1) is 11.6. The van der Waals surface area contributed by atoms with Gasteiger partial charge < -0.3 is 5.32 Å². The van der Waals surface area contributed by atoms with E-state index < -0.39 is 11.4 Å². The monoisotopic (exact) mass is 330 g/mol. The van der Waals surface area contributed by atoms with Crippen molar-refractivity contribution in [2.24, 2.45) is 0 Å². The maximum Gasteiger partial charge on any atom is 0.293 e. The van der Waals surface area contributed by atoms with Crippen LogP contribution >= 0.6 is 0 Å². The van der Waals surface area contributed by atoms with Crippen LogP contribution in [0.4, 0.5) is 10.3 Å². The van der Waals surface area contributed by atoms with Gasteiger partial charge in [0, 0.05) is 6.20 Å². The third-order valence-electron chi connectivity index (χ3n) is 4.43. The Labute approximate surface area is 139 Å². The van der Waals surface area contributed by atoms with Crippen molar-refractivity contribution in [1.82, 2.24) is 15.4 Å². The number of amides is 1. The Kier molecular flexibility index (Phi) is 4.71. The number of nitrogens with one attached hydrogen (secondary N) is 2. The summed E-state index contributed by atoms with van der Waals surface area (Å²) in [4.78, 5) is 19.8. The van der Waals surface area contributed by atoms with Crippen LogP contribution in [-0.4, -0.2) is 21.1 Å². The maximum atomic E-state index is 13.7. The van der Waals surface area contributed by atoms with Gasteiger partial charge in [-0.25, -0.2) is 19.8 Å². The van der Waals surface area contributed by atoms with Gasteiger partial charge in [-0.2, -0.15) is 0 Å². The number of halogens is 1. The fraction of sp³-hybridized carbons (Fsp3) is 0.353. The summed E-state index contributed by atoms with van der Waals surface area (Å²) in [7, 11) is 0. The predicted molar refractivity (Wildman–Crippen MR) is 86.1 cm³/mol. The van der Waals surface area contributed by atoms with Gasteiger partial charge in [-0.1, -0.05) is 31.4 Å². The number of carbonyl (C=O) groups excluding carboxylic acids is 1. The lowest BCUT2D eigenvalue weighted by atomic mass is 9.76. The summed E-state index contributed by atoms with van der Waals surface area (Å²) in [5.74, 6) is -0.709. The van der Waals surface area contributed by atoms with Crippen LogP contribution < -0.4 is 10.8 Å². The molecule has 0 saturated heterocycles. The Morgan fingerprint density at radius 2 is 2.00 bits per heavy atom. The lowest BCUT2D eigenvalue weighted by Gasteiger charge is -2.38. The molecule has 1 heterocycles. The van der Waals surface area contributed by atoms with Gasteiger partial charge in [-0.3, -0.25) is 10.0 Å². The van der Waals surface area contributed by atoms with Gasteiger partial charge in [-0.15, -0.1) is 0 Å². The molecule has 24 heavy (non-hydrogen) atoms. The fourth-order valence-electron chi connectivity index (χ4n) is 3.24. The summed E-state index contributed by atoms with van der Waals surface area (Å²) in [5.41, 5.74) is 2.00. The number of carbonyl (C=O) groups is 1. The third-order valence-corrected chi connectivity index (χ3v) is 4.43. The second-order valence-electron chi connectivity index (χ2n) is 5.98. The molecule has 1 aliphatic rings. The lowest BCUT2D eigenvalue weighted by Crippen LogP contribution is -2.38. The molecule has 0 bridgehead atoms. The highest BCUT2D eigenvalue weighted by Gasteiger charge is 2.35. The van der Waals surface area contributed by atoms with Crippen molar-refractivity contribution in [1.29, 1.82) is 0 Å². The first kappa shape index (κ1) is 16.3. The molecule has 0 atom stereocenters. The van der Waals surface area contributed by atoms with Crippen LogP contribution in [0, 0.1) is 5.82 Å².